The van der Waals surface area contributed by atoms with E-state index in [1.807, 2.05) is 6.08 Å². The molecule has 2 rings (SSSR count). The fourth-order valence-electron chi connectivity index (χ4n) is 1.66. The predicted molar refractivity (Wildman–Crippen MR) is 64.8 cm³/mol. The van der Waals surface area contributed by atoms with E-state index in [-0.39, 0.29) is 0 Å². The molecular weight excluding hydrogens is 220 g/mol. The van der Waals surface area contributed by atoms with E-state index in [1.54, 1.807) is 6.07 Å². The molecule has 0 aromatic heterocycles. The molecule has 0 radical (unpaired) electrons. The van der Waals surface area contributed by atoms with Crippen molar-refractivity contribution >= 4 is 0 Å². The van der Waals surface area contributed by atoms with E-state index in [0.717, 1.165) is 24.6 Å². The molecule has 0 saturated heterocycles. The minimum absolute atomic E-state index is 0.653. The van der Waals surface area contributed by atoms with Gasteiger partial charge in [0.15, 0.2) is 11.6 Å². The highest BCUT2D eigenvalue weighted by atomic mass is 19.2. The second kappa shape index (κ2) is 5.92. The molecule has 1 aromatic rings. The summed E-state index contributed by atoms with van der Waals surface area (Å²) in [5, 5.41) is 3.41. The van der Waals surface area contributed by atoms with Crippen LogP contribution in [0.25, 0.3) is 0 Å². The number of benzene rings is 1. The van der Waals surface area contributed by atoms with E-state index >= 15 is 0 Å². The molecule has 1 nitrogen and oxygen atoms in total. The van der Waals surface area contributed by atoms with E-state index in [2.05, 4.69) is 11.4 Å². The van der Waals surface area contributed by atoms with E-state index in [4.69, 9.17) is 0 Å². The summed E-state index contributed by atoms with van der Waals surface area (Å²) in [4.78, 5) is 0. The first kappa shape index (κ1) is 12.2. The quantitative estimate of drug-likeness (QED) is 0.591. The number of rotatable bonds is 6. The fourth-order valence-corrected chi connectivity index (χ4v) is 1.66. The maximum Gasteiger partial charge on any atom is 0.159 e. The zero-order chi connectivity index (χ0) is 12.1. The zero-order valence-corrected chi connectivity index (χ0v) is 9.76. The van der Waals surface area contributed by atoms with Gasteiger partial charge < -0.3 is 5.32 Å². The highest BCUT2D eigenvalue weighted by molar-refractivity contribution is 5.20. The first-order chi connectivity index (χ1) is 8.25. The van der Waals surface area contributed by atoms with Crippen LogP contribution in [0.3, 0.4) is 0 Å². The van der Waals surface area contributed by atoms with Crippen LogP contribution < -0.4 is 5.32 Å². The van der Waals surface area contributed by atoms with Crippen molar-refractivity contribution in [1.82, 2.24) is 5.32 Å². The number of hydrogen-bond donors (Lipinski definition) is 1. The summed E-state index contributed by atoms with van der Waals surface area (Å²) in [6, 6.07) is 4.79. The van der Waals surface area contributed by atoms with Crippen molar-refractivity contribution in [1.29, 1.82) is 0 Å². The van der Waals surface area contributed by atoms with Crippen LogP contribution in [0.15, 0.2) is 30.4 Å². The van der Waals surface area contributed by atoms with Gasteiger partial charge in [0.05, 0.1) is 0 Å². The van der Waals surface area contributed by atoms with Crippen molar-refractivity contribution in [3.63, 3.8) is 0 Å². The minimum Gasteiger partial charge on any atom is -0.314 e. The highest BCUT2D eigenvalue weighted by Gasteiger charge is 2.19. The Morgan fingerprint density at radius 2 is 2.00 bits per heavy atom. The third kappa shape index (κ3) is 4.27. The second-order valence-corrected chi connectivity index (χ2v) is 4.44. The van der Waals surface area contributed by atoms with Gasteiger partial charge in [-0.2, -0.15) is 0 Å². The number of allylic oxidation sites excluding steroid dienone is 1. The summed E-state index contributed by atoms with van der Waals surface area (Å²) >= 11 is 0. The van der Waals surface area contributed by atoms with Gasteiger partial charge in [-0.3, -0.25) is 0 Å². The zero-order valence-electron chi connectivity index (χ0n) is 9.76. The molecular formula is C14H17F2N. The molecule has 1 fully saturated rings. The van der Waals surface area contributed by atoms with Gasteiger partial charge in [0.25, 0.3) is 0 Å². The molecule has 0 aliphatic heterocycles. The molecule has 1 saturated carbocycles. The maximum atomic E-state index is 12.9. The lowest BCUT2D eigenvalue weighted by Gasteiger charge is -1.99. The summed E-state index contributed by atoms with van der Waals surface area (Å²) in [5.41, 5.74) is 0.801. The summed E-state index contributed by atoms with van der Waals surface area (Å²) in [6.45, 7) is 0.999. The van der Waals surface area contributed by atoms with Crippen molar-refractivity contribution in [2.45, 2.75) is 31.7 Å². The van der Waals surface area contributed by atoms with Crippen molar-refractivity contribution in [3.8, 4) is 0 Å². The van der Waals surface area contributed by atoms with Crippen LogP contribution in [0.1, 0.15) is 24.8 Å². The van der Waals surface area contributed by atoms with Gasteiger partial charge in [-0.05, 0) is 49.9 Å². The van der Waals surface area contributed by atoms with Gasteiger partial charge in [0, 0.05) is 6.04 Å². The predicted octanol–water partition coefficient (Wildman–Crippen LogP) is 3.21. The Bertz CT molecular complexity index is 397. The number of nitrogens with one attached hydrogen (secondary N) is 1. The van der Waals surface area contributed by atoms with Gasteiger partial charge in [-0.15, -0.1) is 0 Å². The average Bonchev–Trinajstić information content (AvgIpc) is 3.12. The third-order valence-corrected chi connectivity index (χ3v) is 2.83. The Hall–Kier alpha value is -1.22. The Balaban J connectivity index is 1.68. The van der Waals surface area contributed by atoms with Crippen molar-refractivity contribution in [2.75, 3.05) is 6.54 Å². The second-order valence-electron chi connectivity index (χ2n) is 4.44. The van der Waals surface area contributed by atoms with E-state index < -0.39 is 11.6 Å². The fraction of sp³-hybridized carbons (Fsp3) is 0.429. The van der Waals surface area contributed by atoms with E-state index in [1.165, 1.54) is 25.0 Å². The summed E-state index contributed by atoms with van der Waals surface area (Å²) in [5.74, 6) is -1.56. The Morgan fingerprint density at radius 1 is 1.18 bits per heavy atom. The number of halogens is 2. The largest absolute Gasteiger partial charge is 0.314 e. The van der Waals surface area contributed by atoms with Crippen LogP contribution in [0, 0.1) is 11.6 Å². The maximum absolute atomic E-state index is 12.9. The lowest BCUT2D eigenvalue weighted by molar-refractivity contribution is 0.507. The van der Waals surface area contributed by atoms with E-state index in [0.29, 0.717) is 6.42 Å². The monoisotopic (exact) mass is 237 g/mol. The third-order valence-electron chi connectivity index (χ3n) is 2.83. The first-order valence-corrected chi connectivity index (χ1v) is 6.08. The highest BCUT2D eigenvalue weighted by Crippen LogP contribution is 2.18. The van der Waals surface area contributed by atoms with Crippen molar-refractivity contribution in [3.05, 3.63) is 47.5 Å². The Morgan fingerprint density at radius 3 is 2.71 bits per heavy atom. The molecule has 17 heavy (non-hydrogen) atoms. The Kier molecular flexibility index (Phi) is 4.26. The molecule has 3 heteroatoms. The molecule has 0 heterocycles. The number of hydrogen-bond acceptors (Lipinski definition) is 1. The van der Waals surface area contributed by atoms with Gasteiger partial charge in [-0.1, -0.05) is 18.2 Å². The SMILES string of the molecule is Fc1ccc(C/C=C/CCNC2CC2)cc1F. The van der Waals surface area contributed by atoms with Gasteiger partial charge in [0.1, 0.15) is 0 Å². The Labute approximate surface area is 101 Å². The summed E-state index contributed by atoms with van der Waals surface area (Å²) in [7, 11) is 0. The van der Waals surface area contributed by atoms with Crippen LogP contribution >= 0.6 is 0 Å². The van der Waals surface area contributed by atoms with Gasteiger partial charge in [-0.25, -0.2) is 8.78 Å². The van der Waals surface area contributed by atoms with Crippen molar-refractivity contribution in [2.24, 2.45) is 0 Å². The molecule has 92 valence electrons. The lowest BCUT2D eigenvalue weighted by Crippen LogP contribution is -2.16. The molecule has 1 aliphatic carbocycles. The molecule has 0 spiro atoms. The lowest BCUT2D eigenvalue weighted by atomic mass is 10.1. The van der Waals surface area contributed by atoms with Crippen LogP contribution in [0.2, 0.25) is 0 Å². The summed E-state index contributed by atoms with van der Waals surface area (Å²) in [6.07, 6.45) is 8.33. The van der Waals surface area contributed by atoms with Crippen LogP contribution in [-0.2, 0) is 6.42 Å². The van der Waals surface area contributed by atoms with Crippen LogP contribution in [0.4, 0.5) is 8.78 Å². The molecule has 0 unspecified atom stereocenters. The molecule has 1 aliphatic rings. The molecule has 1 aromatic carbocycles. The molecule has 0 bridgehead atoms. The van der Waals surface area contributed by atoms with Gasteiger partial charge >= 0.3 is 0 Å². The van der Waals surface area contributed by atoms with E-state index in [9.17, 15) is 8.78 Å². The average molecular weight is 237 g/mol. The standard InChI is InChI=1S/C14H17F2N/c15-13-8-5-11(10-14(13)16)4-2-1-3-9-17-12-6-7-12/h1-2,5,8,10,12,17H,3-4,6-7,9H2/b2-1+. The van der Waals surface area contributed by atoms with Crippen LogP contribution in [0.5, 0.6) is 0 Å². The molecule has 0 amide bonds. The van der Waals surface area contributed by atoms with Crippen LogP contribution in [-0.4, -0.2) is 12.6 Å². The normalized spacial score (nSPS) is 15.6. The topological polar surface area (TPSA) is 12.0 Å². The minimum atomic E-state index is -0.786. The summed E-state index contributed by atoms with van der Waals surface area (Å²) < 4.78 is 25.6. The molecule has 1 N–H and O–H groups in total. The molecule has 0 atom stereocenters. The van der Waals surface area contributed by atoms with Crippen molar-refractivity contribution < 1.29 is 8.78 Å². The smallest absolute Gasteiger partial charge is 0.159 e. The first-order valence-electron chi connectivity index (χ1n) is 6.08. The van der Waals surface area contributed by atoms with Gasteiger partial charge in [0.2, 0.25) is 0 Å².